The first-order valence-corrected chi connectivity index (χ1v) is 8.13. The van der Waals surface area contributed by atoms with Crippen molar-refractivity contribution in [3.05, 3.63) is 47.1 Å². The predicted molar refractivity (Wildman–Crippen MR) is 88.2 cm³/mol. The second-order valence-electron chi connectivity index (χ2n) is 4.30. The number of aromatic nitrogens is 2. The molecule has 22 heavy (non-hydrogen) atoms. The summed E-state index contributed by atoms with van der Waals surface area (Å²) in [5, 5.41) is 4.46. The van der Waals surface area contributed by atoms with Crippen molar-refractivity contribution in [3.63, 3.8) is 0 Å². The lowest BCUT2D eigenvalue weighted by atomic mass is 10.2. The van der Waals surface area contributed by atoms with Crippen molar-refractivity contribution in [2.24, 2.45) is 0 Å². The van der Waals surface area contributed by atoms with Gasteiger partial charge >= 0.3 is 5.97 Å². The highest BCUT2D eigenvalue weighted by Crippen LogP contribution is 2.16. The molecule has 0 aliphatic heterocycles. The van der Waals surface area contributed by atoms with Crippen LogP contribution < -0.4 is 5.32 Å². The molecular weight excluding hydrogens is 322 g/mol. The maximum Gasteiger partial charge on any atom is 0.316 e. The molecule has 0 spiro atoms. The Labute approximate surface area is 138 Å². The third kappa shape index (κ3) is 5.54. The standard InChI is InChI=1S/C15H16ClN3O2S/c1-2-21-14(20)10-22-15-17-8-7-13(19-15)18-9-11-3-5-12(16)6-4-11/h3-8H,2,9-10H2,1H3,(H,17,18,19). The van der Waals surface area contributed by atoms with Crippen LogP contribution in [-0.4, -0.2) is 28.3 Å². The van der Waals surface area contributed by atoms with Gasteiger partial charge in [-0.3, -0.25) is 4.79 Å². The summed E-state index contributed by atoms with van der Waals surface area (Å²) in [6, 6.07) is 9.38. The summed E-state index contributed by atoms with van der Waals surface area (Å²) in [6.45, 7) is 2.79. The molecule has 2 rings (SSSR count). The largest absolute Gasteiger partial charge is 0.465 e. The first kappa shape index (κ1) is 16.6. The minimum absolute atomic E-state index is 0.203. The third-order valence-corrected chi connectivity index (χ3v) is 3.73. The molecule has 5 nitrogen and oxygen atoms in total. The van der Waals surface area contributed by atoms with Crippen LogP contribution in [-0.2, 0) is 16.1 Å². The summed E-state index contributed by atoms with van der Waals surface area (Å²) in [4.78, 5) is 19.8. The van der Waals surface area contributed by atoms with Crippen LogP contribution in [0.25, 0.3) is 0 Å². The van der Waals surface area contributed by atoms with Crippen LogP contribution in [0.3, 0.4) is 0 Å². The molecule has 0 bridgehead atoms. The van der Waals surface area contributed by atoms with Gasteiger partial charge in [0.15, 0.2) is 5.16 Å². The number of carbonyl (C=O) groups excluding carboxylic acids is 1. The van der Waals surface area contributed by atoms with Crippen molar-refractivity contribution in [1.82, 2.24) is 9.97 Å². The van der Waals surface area contributed by atoms with Crippen molar-refractivity contribution in [2.45, 2.75) is 18.6 Å². The maximum atomic E-state index is 11.3. The van der Waals surface area contributed by atoms with Gasteiger partial charge < -0.3 is 10.1 Å². The Hall–Kier alpha value is -1.79. The Morgan fingerprint density at radius 2 is 2.09 bits per heavy atom. The van der Waals surface area contributed by atoms with E-state index in [-0.39, 0.29) is 11.7 Å². The lowest BCUT2D eigenvalue weighted by Gasteiger charge is -2.07. The second-order valence-corrected chi connectivity index (χ2v) is 5.68. The Kier molecular flexibility index (Phi) is 6.48. The second kappa shape index (κ2) is 8.60. The van der Waals surface area contributed by atoms with Crippen LogP contribution in [0.1, 0.15) is 12.5 Å². The predicted octanol–water partition coefficient (Wildman–Crippen LogP) is 3.40. The molecule has 1 aromatic carbocycles. The lowest BCUT2D eigenvalue weighted by Crippen LogP contribution is -2.07. The molecule has 7 heteroatoms. The molecule has 0 unspecified atom stereocenters. The minimum Gasteiger partial charge on any atom is -0.465 e. The number of anilines is 1. The van der Waals surface area contributed by atoms with E-state index in [9.17, 15) is 4.79 Å². The average Bonchev–Trinajstić information content (AvgIpc) is 2.53. The lowest BCUT2D eigenvalue weighted by molar-refractivity contribution is -0.139. The number of thioether (sulfide) groups is 1. The molecule has 0 amide bonds. The van der Waals surface area contributed by atoms with Crippen molar-refractivity contribution >= 4 is 35.1 Å². The zero-order valence-corrected chi connectivity index (χ0v) is 13.7. The van der Waals surface area contributed by atoms with Gasteiger partial charge in [-0.15, -0.1) is 0 Å². The molecular formula is C15H16ClN3O2S. The van der Waals surface area contributed by atoms with Crippen LogP contribution in [0, 0.1) is 0 Å². The van der Waals surface area contributed by atoms with E-state index in [1.807, 2.05) is 24.3 Å². The van der Waals surface area contributed by atoms with Gasteiger partial charge in [-0.05, 0) is 30.7 Å². The number of nitrogens with one attached hydrogen (secondary N) is 1. The van der Waals surface area contributed by atoms with Crippen molar-refractivity contribution in [2.75, 3.05) is 17.7 Å². The highest BCUT2D eigenvalue weighted by Gasteiger charge is 2.06. The van der Waals surface area contributed by atoms with Gasteiger partial charge in [0, 0.05) is 17.8 Å². The van der Waals surface area contributed by atoms with Crippen molar-refractivity contribution in [1.29, 1.82) is 0 Å². The quantitative estimate of drug-likeness (QED) is 0.474. The third-order valence-electron chi connectivity index (χ3n) is 2.64. The molecule has 0 atom stereocenters. The number of hydrogen-bond acceptors (Lipinski definition) is 6. The van der Waals surface area contributed by atoms with E-state index in [4.69, 9.17) is 16.3 Å². The summed E-state index contributed by atoms with van der Waals surface area (Å²) in [7, 11) is 0. The van der Waals surface area contributed by atoms with Gasteiger partial charge in [0.2, 0.25) is 0 Å². The maximum absolute atomic E-state index is 11.3. The fourth-order valence-electron chi connectivity index (χ4n) is 1.63. The summed E-state index contributed by atoms with van der Waals surface area (Å²) in [5.41, 5.74) is 1.10. The van der Waals surface area contributed by atoms with E-state index in [1.54, 1.807) is 19.2 Å². The number of benzene rings is 1. The number of rotatable bonds is 7. The molecule has 0 radical (unpaired) electrons. The summed E-state index contributed by atoms with van der Waals surface area (Å²) >= 11 is 7.10. The zero-order chi connectivity index (χ0) is 15.8. The molecule has 1 N–H and O–H groups in total. The number of esters is 1. The monoisotopic (exact) mass is 337 g/mol. The van der Waals surface area contributed by atoms with Gasteiger partial charge in [-0.25, -0.2) is 9.97 Å². The zero-order valence-electron chi connectivity index (χ0n) is 12.1. The van der Waals surface area contributed by atoms with Gasteiger partial charge in [0.25, 0.3) is 0 Å². The summed E-state index contributed by atoms with van der Waals surface area (Å²) < 4.78 is 4.87. The number of nitrogens with zero attached hydrogens (tertiary/aromatic N) is 2. The molecule has 1 heterocycles. The fourth-order valence-corrected chi connectivity index (χ4v) is 2.38. The van der Waals surface area contributed by atoms with Gasteiger partial charge in [-0.1, -0.05) is 35.5 Å². The Bertz CT molecular complexity index is 622. The van der Waals surface area contributed by atoms with E-state index in [1.165, 1.54) is 11.8 Å². The first-order chi connectivity index (χ1) is 10.7. The van der Waals surface area contributed by atoms with Crippen LogP contribution >= 0.6 is 23.4 Å². The van der Waals surface area contributed by atoms with E-state index in [0.29, 0.717) is 29.1 Å². The van der Waals surface area contributed by atoms with Crippen LogP contribution in [0.2, 0.25) is 5.02 Å². The van der Waals surface area contributed by atoms with Gasteiger partial charge in [0.05, 0.1) is 12.4 Å². The molecule has 116 valence electrons. The highest BCUT2D eigenvalue weighted by molar-refractivity contribution is 7.99. The van der Waals surface area contributed by atoms with Crippen LogP contribution in [0.4, 0.5) is 5.82 Å². The van der Waals surface area contributed by atoms with Gasteiger partial charge in [-0.2, -0.15) is 0 Å². The first-order valence-electron chi connectivity index (χ1n) is 6.77. The molecule has 0 saturated carbocycles. The topological polar surface area (TPSA) is 64.1 Å². The summed E-state index contributed by atoms with van der Waals surface area (Å²) in [6.07, 6.45) is 1.66. The highest BCUT2D eigenvalue weighted by atomic mass is 35.5. The summed E-state index contributed by atoms with van der Waals surface area (Å²) in [5.74, 6) is 0.640. The van der Waals surface area contributed by atoms with E-state index < -0.39 is 0 Å². The molecule has 0 aliphatic rings. The minimum atomic E-state index is -0.268. The molecule has 0 aliphatic carbocycles. The SMILES string of the molecule is CCOC(=O)CSc1nccc(NCc2ccc(Cl)cc2)n1. The Balaban J connectivity index is 1.88. The number of halogens is 1. The smallest absolute Gasteiger partial charge is 0.316 e. The normalized spacial score (nSPS) is 10.3. The molecule has 2 aromatic rings. The fraction of sp³-hybridized carbons (Fsp3) is 0.267. The van der Waals surface area contributed by atoms with Crippen LogP contribution in [0.5, 0.6) is 0 Å². The molecule has 0 saturated heterocycles. The van der Waals surface area contributed by atoms with Gasteiger partial charge in [0.1, 0.15) is 5.82 Å². The van der Waals surface area contributed by atoms with E-state index in [0.717, 1.165) is 5.56 Å². The van der Waals surface area contributed by atoms with Crippen molar-refractivity contribution < 1.29 is 9.53 Å². The molecule has 0 fully saturated rings. The molecule has 1 aromatic heterocycles. The Morgan fingerprint density at radius 3 is 2.82 bits per heavy atom. The average molecular weight is 338 g/mol. The van der Waals surface area contributed by atoms with E-state index >= 15 is 0 Å². The van der Waals surface area contributed by atoms with E-state index in [2.05, 4.69) is 15.3 Å². The number of hydrogen-bond donors (Lipinski definition) is 1. The number of carbonyl (C=O) groups is 1. The number of ether oxygens (including phenoxy) is 1. The van der Waals surface area contributed by atoms with Crippen LogP contribution in [0.15, 0.2) is 41.7 Å². The Morgan fingerprint density at radius 1 is 1.32 bits per heavy atom. The van der Waals surface area contributed by atoms with Crippen molar-refractivity contribution in [3.8, 4) is 0 Å².